The molecular formula is C19H31N3O2S. The van der Waals surface area contributed by atoms with Crippen molar-refractivity contribution >= 4 is 10.2 Å². The van der Waals surface area contributed by atoms with Crippen LogP contribution in [0.3, 0.4) is 0 Å². The number of benzene rings is 1. The third-order valence-electron chi connectivity index (χ3n) is 5.35. The predicted octanol–water partition coefficient (Wildman–Crippen LogP) is 2.53. The summed E-state index contributed by atoms with van der Waals surface area (Å²) < 4.78 is 29.8. The minimum atomic E-state index is -3.33. The van der Waals surface area contributed by atoms with Crippen molar-refractivity contribution in [1.82, 2.24) is 13.9 Å². The number of nitrogens with zero attached hydrogens (tertiary/aromatic N) is 2. The van der Waals surface area contributed by atoms with E-state index in [0.29, 0.717) is 19.0 Å². The molecule has 25 heavy (non-hydrogen) atoms. The van der Waals surface area contributed by atoms with Crippen molar-refractivity contribution in [3.63, 3.8) is 0 Å². The van der Waals surface area contributed by atoms with Gasteiger partial charge in [-0.15, -0.1) is 0 Å². The van der Waals surface area contributed by atoms with Gasteiger partial charge in [0.1, 0.15) is 0 Å². The molecule has 6 heteroatoms. The molecule has 2 aliphatic rings. The molecule has 2 heterocycles. The third-order valence-corrected chi connectivity index (χ3v) is 6.99. The maximum Gasteiger partial charge on any atom is 0.279 e. The van der Waals surface area contributed by atoms with Crippen LogP contribution in [0.4, 0.5) is 0 Å². The number of hydrogen-bond acceptors (Lipinski definition) is 3. The normalized spacial score (nSPS) is 24.5. The maximum absolute atomic E-state index is 12.6. The smallest absolute Gasteiger partial charge is 0.279 e. The summed E-state index contributed by atoms with van der Waals surface area (Å²) in [7, 11) is -3.33. The first-order valence-electron chi connectivity index (χ1n) is 9.48. The van der Waals surface area contributed by atoms with Gasteiger partial charge in [0, 0.05) is 38.8 Å². The molecule has 0 amide bonds. The van der Waals surface area contributed by atoms with Gasteiger partial charge in [-0.1, -0.05) is 36.8 Å². The van der Waals surface area contributed by atoms with E-state index in [1.54, 1.807) is 4.31 Å². The fourth-order valence-corrected chi connectivity index (χ4v) is 5.55. The Bertz CT molecular complexity index is 669. The molecule has 0 saturated carbocycles. The van der Waals surface area contributed by atoms with E-state index in [4.69, 9.17) is 0 Å². The molecule has 0 bridgehead atoms. The van der Waals surface area contributed by atoms with Crippen molar-refractivity contribution in [2.45, 2.75) is 52.1 Å². The number of rotatable bonds is 5. The van der Waals surface area contributed by atoms with E-state index >= 15 is 0 Å². The minimum Gasteiger partial charge on any atom is -0.299 e. The molecule has 0 aliphatic carbocycles. The zero-order valence-electron chi connectivity index (χ0n) is 15.4. The Morgan fingerprint density at radius 2 is 1.92 bits per heavy atom. The van der Waals surface area contributed by atoms with E-state index in [2.05, 4.69) is 47.7 Å². The third kappa shape index (κ3) is 5.26. The lowest BCUT2D eigenvalue weighted by molar-refractivity contribution is 0.197. The first-order valence-corrected chi connectivity index (χ1v) is 10.9. The number of likely N-dealkylation sites (tertiary alicyclic amines) is 1. The van der Waals surface area contributed by atoms with E-state index in [-0.39, 0.29) is 6.04 Å². The lowest BCUT2D eigenvalue weighted by Gasteiger charge is -2.35. The van der Waals surface area contributed by atoms with Gasteiger partial charge in [0.05, 0.1) is 0 Å². The zero-order valence-corrected chi connectivity index (χ0v) is 16.3. The van der Waals surface area contributed by atoms with Crippen LogP contribution in [0.1, 0.15) is 43.7 Å². The fourth-order valence-electron chi connectivity index (χ4n) is 3.93. The van der Waals surface area contributed by atoms with Crippen LogP contribution in [0.25, 0.3) is 0 Å². The van der Waals surface area contributed by atoms with Crippen molar-refractivity contribution in [2.24, 2.45) is 5.92 Å². The van der Waals surface area contributed by atoms with E-state index in [0.717, 1.165) is 45.3 Å². The Hall–Kier alpha value is -0.950. The second-order valence-electron chi connectivity index (χ2n) is 7.77. The Labute approximate surface area is 152 Å². The second-order valence-corrected chi connectivity index (χ2v) is 9.47. The van der Waals surface area contributed by atoms with Crippen molar-refractivity contribution < 1.29 is 8.42 Å². The Kier molecular flexibility index (Phi) is 6.15. The van der Waals surface area contributed by atoms with Gasteiger partial charge in [-0.25, -0.2) is 0 Å². The molecule has 1 aromatic rings. The summed E-state index contributed by atoms with van der Waals surface area (Å²) in [6.07, 6.45) is 3.86. The quantitative estimate of drug-likeness (QED) is 0.872. The van der Waals surface area contributed by atoms with Crippen LogP contribution in [-0.2, 0) is 16.8 Å². The van der Waals surface area contributed by atoms with Crippen LogP contribution in [-0.4, -0.2) is 49.8 Å². The van der Waals surface area contributed by atoms with Crippen molar-refractivity contribution in [1.29, 1.82) is 0 Å². The number of nitrogens with one attached hydrogen (secondary N) is 1. The van der Waals surface area contributed by atoms with Crippen LogP contribution < -0.4 is 4.72 Å². The molecule has 1 aromatic carbocycles. The molecule has 2 aliphatic heterocycles. The predicted molar refractivity (Wildman–Crippen MR) is 102 cm³/mol. The molecule has 5 nitrogen and oxygen atoms in total. The van der Waals surface area contributed by atoms with Gasteiger partial charge >= 0.3 is 0 Å². The molecule has 3 rings (SSSR count). The van der Waals surface area contributed by atoms with Crippen molar-refractivity contribution in [2.75, 3.05) is 26.2 Å². The topological polar surface area (TPSA) is 52.7 Å². The van der Waals surface area contributed by atoms with E-state index in [9.17, 15) is 8.42 Å². The molecule has 2 saturated heterocycles. The van der Waals surface area contributed by atoms with Crippen molar-refractivity contribution in [3.8, 4) is 0 Å². The first-order chi connectivity index (χ1) is 11.9. The van der Waals surface area contributed by atoms with Gasteiger partial charge in [-0.3, -0.25) is 4.90 Å². The highest BCUT2D eigenvalue weighted by Gasteiger charge is 2.30. The summed E-state index contributed by atoms with van der Waals surface area (Å²) in [5.41, 5.74) is 2.62. The Morgan fingerprint density at radius 3 is 2.60 bits per heavy atom. The van der Waals surface area contributed by atoms with Crippen LogP contribution in [0.15, 0.2) is 24.3 Å². The highest BCUT2D eigenvalue weighted by Crippen LogP contribution is 2.20. The molecule has 140 valence electrons. The van der Waals surface area contributed by atoms with Crippen molar-refractivity contribution in [3.05, 3.63) is 35.4 Å². The van der Waals surface area contributed by atoms with Crippen LogP contribution in [0, 0.1) is 12.8 Å². The molecule has 0 spiro atoms. The number of hydrogen-bond donors (Lipinski definition) is 1. The lowest BCUT2D eigenvalue weighted by Crippen LogP contribution is -2.51. The summed E-state index contributed by atoms with van der Waals surface area (Å²) in [6, 6.07) is 8.68. The summed E-state index contributed by atoms with van der Waals surface area (Å²) in [4.78, 5) is 2.42. The van der Waals surface area contributed by atoms with E-state index in [1.165, 1.54) is 11.1 Å². The molecule has 0 aromatic heterocycles. The SMILES string of the molecule is Cc1cccc(CN2CCC(NS(=O)(=O)N3CCC[C@H](C)C3)CC2)c1. The highest BCUT2D eigenvalue weighted by atomic mass is 32.2. The minimum absolute atomic E-state index is 0.0657. The maximum atomic E-state index is 12.6. The molecular weight excluding hydrogens is 334 g/mol. The monoisotopic (exact) mass is 365 g/mol. The molecule has 1 atom stereocenters. The number of aryl methyl sites for hydroxylation is 1. The number of piperidine rings is 2. The first kappa shape index (κ1) is 18.8. The van der Waals surface area contributed by atoms with Gasteiger partial charge in [0.25, 0.3) is 10.2 Å². The molecule has 1 N–H and O–H groups in total. The van der Waals surface area contributed by atoms with E-state index < -0.39 is 10.2 Å². The summed E-state index contributed by atoms with van der Waals surface area (Å²) in [6.45, 7) is 8.39. The lowest BCUT2D eigenvalue weighted by atomic mass is 10.0. The average molecular weight is 366 g/mol. The molecule has 0 unspecified atom stereocenters. The fraction of sp³-hybridized carbons (Fsp3) is 0.684. The Balaban J connectivity index is 1.49. The summed E-state index contributed by atoms with van der Waals surface area (Å²) in [5.74, 6) is 0.460. The second kappa shape index (κ2) is 8.16. The summed E-state index contributed by atoms with van der Waals surface area (Å²) >= 11 is 0. The van der Waals surface area contributed by atoms with Crippen LogP contribution in [0.2, 0.25) is 0 Å². The Morgan fingerprint density at radius 1 is 1.16 bits per heavy atom. The van der Waals surface area contributed by atoms with Gasteiger partial charge in [0.15, 0.2) is 0 Å². The van der Waals surface area contributed by atoms with Gasteiger partial charge < -0.3 is 0 Å². The molecule has 0 radical (unpaired) electrons. The van der Waals surface area contributed by atoms with Gasteiger partial charge in [-0.05, 0) is 44.1 Å². The van der Waals surface area contributed by atoms with Crippen LogP contribution in [0.5, 0.6) is 0 Å². The molecule has 2 fully saturated rings. The largest absolute Gasteiger partial charge is 0.299 e. The standard InChI is InChI=1S/C19H31N3O2S/c1-16-5-3-7-18(13-16)15-21-11-8-19(9-12-21)20-25(23,24)22-10-4-6-17(2)14-22/h3,5,7,13,17,19-20H,4,6,8-12,14-15H2,1-2H3/t17-/m0/s1. The van der Waals surface area contributed by atoms with E-state index in [1.807, 2.05) is 0 Å². The highest BCUT2D eigenvalue weighted by molar-refractivity contribution is 7.87. The average Bonchev–Trinajstić information content (AvgIpc) is 2.56. The van der Waals surface area contributed by atoms with Gasteiger partial charge in [0.2, 0.25) is 0 Å². The summed E-state index contributed by atoms with van der Waals surface area (Å²) in [5, 5.41) is 0. The van der Waals surface area contributed by atoms with Gasteiger partial charge in [-0.2, -0.15) is 17.4 Å². The zero-order chi connectivity index (χ0) is 17.9. The van der Waals surface area contributed by atoms with Crippen LogP contribution >= 0.6 is 0 Å².